The van der Waals surface area contributed by atoms with Crippen molar-refractivity contribution in [3.05, 3.63) is 66.0 Å². The van der Waals surface area contributed by atoms with E-state index in [1.54, 1.807) is 0 Å². The maximum absolute atomic E-state index is 12.0. The highest BCUT2D eigenvalue weighted by Crippen LogP contribution is 2.25. The summed E-state index contributed by atoms with van der Waals surface area (Å²) in [7, 11) is 0. The van der Waals surface area contributed by atoms with E-state index in [2.05, 4.69) is 22.3 Å². The molecule has 29 heavy (non-hydrogen) atoms. The monoisotopic (exact) mass is 411 g/mol. The maximum atomic E-state index is 12.0. The van der Waals surface area contributed by atoms with Crippen LogP contribution in [0.3, 0.4) is 0 Å². The Kier molecular flexibility index (Phi) is 7.30. The predicted octanol–water partition coefficient (Wildman–Crippen LogP) is 4.30. The average Bonchev–Trinajstić information content (AvgIpc) is 3.10. The number of hydrogen-bond donors (Lipinski definition) is 0. The summed E-state index contributed by atoms with van der Waals surface area (Å²) in [6.07, 6.45) is 0.499. The lowest BCUT2D eigenvalue weighted by Crippen LogP contribution is -2.14. The third-order valence-electron chi connectivity index (χ3n) is 4.00. The molecule has 0 saturated carbocycles. The minimum Gasteiger partial charge on any atom is -0.494 e. The van der Waals surface area contributed by atoms with Gasteiger partial charge in [-0.1, -0.05) is 42.1 Å². The Morgan fingerprint density at radius 3 is 2.45 bits per heavy atom. The van der Waals surface area contributed by atoms with Crippen molar-refractivity contribution in [2.45, 2.75) is 38.5 Å². The highest BCUT2D eigenvalue weighted by atomic mass is 32.2. The highest BCUT2D eigenvalue weighted by Gasteiger charge is 2.17. The first-order valence-electron chi connectivity index (χ1n) is 9.60. The van der Waals surface area contributed by atoms with Crippen molar-refractivity contribution in [3.63, 3.8) is 0 Å². The van der Waals surface area contributed by atoms with Crippen LogP contribution in [0.5, 0.6) is 5.75 Å². The third kappa shape index (κ3) is 5.84. The number of ether oxygens (including phenoxy) is 2. The molecule has 6 nitrogen and oxygen atoms in total. The van der Waals surface area contributed by atoms with E-state index in [1.165, 1.54) is 11.8 Å². The molecule has 0 N–H and O–H groups in total. The topological polar surface area (TPSA) is 66.2 Å². The van der Waals surface area contributed by atoms with Gasteiger partial charge in [0.05, 0.1) is 18.5 Å². The standard InChI is InChI=1S/C22H25N3O3S/c1-4-27-19-12-10-18(11-13-19)25-20(14-17-8-6-5-7-9-17)23-24-22(25)29-15-21(26)28-16(2)3/h5-13,16H,4,14-15H2,1-3H3. The van der Waals surface area contributed by atoms with Crippen molar-refractivity contribution in [3.8, 4) is 11.4 Å². The summed E-state index contributed by atoms with van der Waals surface area (Å²) in [5.74, 6) is 1.53. The van der Waals surface area contributed by atoms with Crippen LogP contribution >= 0.6 is 11.8 Å². The molecule has 0 fully saturated rings. The van der Waals surface area contributed by atoms with Crippen LogP contribution in [-0.2, 0) is 16.0 Å². The van der Waals surface area contributed by atoms with E-state index >= 15 is 0 Å². The van der Waals surface area contributed by atoms with Gasteiger partial charge in [0.1, 0.15) is 11.6 Å². The molecule has 3 rings (SSSR count). The lowest BCUT2D eigenvalue weighted by Gasteiger charge is -2.12. The molecule has 0 saturated heterocycles. The van der Waals surface area contributed by atoms with E-state index in [0.29, 0.717) is 18.2 Å². The van der Waals surface area contributed by atoms with Crippen LogP contribution in [-0.4, -0.2) is 39.2 Å². The van der Waals surface area contributed by atoms with E-state index in [0.717, 1.165) is 22.8 Å². The summed E-state index contributed by atoms with van der Waals surface area (Å²) in [6, 6.07) is 17.9. The Hall–Kier alpha value is -2.80. The van der Waals surface area contributed by atoms with Crippen molar-refractivity contribution >= 4 is 17.7 Å². The van der Waals surface area contributed by atoms with E-state index in [9.17, 15) is 4.79 Å². The second-order valence-electron chi connectivity index (χ2n) is 6.65. The second kappa shape index (κ2) is 10.1. The van der Waals surface area contributed by atoms with Crippen molar-refractivity contribution in [1.82, 2.24) is 14.8 Å². The first kappa shape index (κ1) is 20.9. The lowest BCUT2D eigenvalue weighted by atomic mass is 10.1. The van der Waals surface area contributed by atoms with E-state index in [1.807, 2.05) is 67.8 Å². The number of rotatable bonds is 9. The maximum Gasteiger partial charge on any atom is 0.316 e. The van der Waals surface area contributed by atoms with E-state index in [4.69, 9.17) is 9.47 Å². The molecule has 0 amide bonds. The zero-order valence-corrected chi connectivity index (χ0v) is 17.7. The highest BCUT2D eigenvalue weighted by molar-refractivity contribution is 7.99. The van der Waals surface area contributed by atoms with Gasteiger partial charge in [0.2, 0.25) is 0 Å². The molecule has 0 aliphatic carbocycles. The number of hydrogen-bond acceptors (Lipinski definition) is 6. The van der Waals surface area contributed by atoms with Crippen molar-refractivity contribution in [1.29, 1.82) is 0 Å². The van der Waals surface area contributed by atoms with Gasteiger partial charge in [-0.3, -0.25) is 9.36 Å². The van der Waals surface area contributed by atoms with Crippen molar-refractivity contribution in [2.75, 3.05) is 12.4 Å². The summed E-state index contributed by atoms with van der Waals surface area (Å²) in [5.41, 5.74) is 2.06. The Bertz CT molecular complexity index is 924. The molecule has 1 heterocycles. The molecule has 7 heteroatoms. The van der Waals surface area contributed by atoms with Gasteiger partial charge in [0.15, 0.2) is 5.16 Å². The average molecular weight is 412 g/mol. The molecule has 0 bridgehead atoms. The van der Waals surface area contributed by atoms with Crippen molar-refractivity contribution in [2.24, 2.45) is 0 Å². The Morgan fingerprint density at radius 2 is 1.79 bits per heavy atom. The van der Waals surface area contributed by atoms with Crippen LogP contribution in [0.4, 0.5) is 0 Å². The zero-order valence-electron chi connectivity index (χ0n) is 16.9. The van der Waals surface area contributed by atoms with E-state index in [-0.39, 0.29) is 17.8 Å². The minimum absolute atomic E-state index is 0.138. The van der Waals surface area contributed by atoms with Gasteiger partial charge >= 0.3 is 5.97 Å². The molecule has 0 aliphatic heterocycles. The first-order chi connectivity index (χ1) is 14.1. The van der Waals surface area contributed by atoms with Crippen LogP contribution < -0.4 is 4.74 Å². The molecule has 3 aromatic rings. The summed E-state index contributed by atoms with van der Waals surface area (Å²) in [4.78, 5) is 12.0. The molecule has 1 aromatic heterocycles. The van der Waals surface area contributed by atoms with Crippen molar-refractivity contribution < 1.29 is 14.3 Å². The molecule has 2 aromatic carbocycles. The molecule has 0 atom stereocenters. The summed E-state index contributed by atoms with van der Waals surface area (Å²) in [6.45, 7) is 6.24. The summed E-state index contributed by atoms with van der Waals surface area (Å²) < 4.78 is 12.8. The van der Waals surface area contributed by atoms with Gasteiger partial charge in [0.25, 0.3) is 0 Å². The van der Waals surface area contributed by atoms with Gasteiger partial charge in [-0.15, -0.1) is 10.2 Å². The van der Waals surface area contributed by atoms with Gasteiger partial charge in [-0.05, 0) is 50.6 Å². The van der Waals surface area contributed by atoms with Crippen LogP contribution in [0.2, 0.25) is 0 Å². The fourth-order valence-corrected chi connectivity index (χ4v) is 3.58. The molecule has 152 valence electrons. The Morgan fingerprint density at radius 1 is 1.07 bits per heavy atom. The molecule has 0 spiro atoms. The molecule has 0 unspecified atom stereocenters. The van der Waals surface area contributed by atoms with Crippen LogP contribution in [0.1, 0.15) is 32.2 Å². The fraction of sp³-hybridized carbons (Fsp3) is 0.318. The first-order valence-corrected chi connectivity index (χ1v) is 10.6. The van der Waals surface area contributed by atoms with Gasteiger partial charge in [-0.2, -0.15) is 0 Å². The number of carbonyl (C=O) groups excluding carboxylic acids is 1. The normalized spacial score (nSPS) is 10.9. The van der Waals surface area contributed by atoms with Crippen LogP contribution in [0.25, 0.3) is 5.69 Å². The molecular formula is C22H25N3O3S. The molecule has 0 radical (unpaired) electrons. The predicted molar refractivity (Wildman–Crippen MR) is 114 cm³/mol. The largest absolute Gasteiger partial charge is 0.494 e. The minimum atomic E-state index is -0.268. The SMILES string of the molecule is CCOc1ccc(-n2c(Cc3ccccc3)nnc2SCC(=O)OC(C)C)cc1. The van der Waals surface area contributed by atoms with E-state index < -0.39 is 0 Å². The quantitative estimate of drug-likeness (QED) is 0.386. The second-order valence-corrected chi connectivity index (χ2v) is 7.59. The molecular weight excluding hydrogens is 386 g/mol. The Balaban J connectivity index is 1.88. The smallest absolute Gasteiger partial charge is 0.316 e. The number of esters is 1. The van der Waals surface area contributed by atoms with Gasteiger partial charge in [0, 0.05) is 12.1 Å². The number of thioether (sulfide) groups is 1. The number of benzene rings is 2. The number of aromatic nitrogens is 3. The lowest BCUT2D eigenvalue weighted by molar-refractivity contribution is -0.144. The summed E-state index contributed by atoms with van der Waals surface area (Å²) in [5, 5.41) is 9.38. The van der Waals surface area contributed by atoms with Crippen LogP contribution in [0.15, 0.2) is 59.8 Å². The number of carbonyl (C=O) groups is 1. The zero-order chi connectivity index (χ0) is 20.6. The molecule has 0 aliphatic rings. The Labute approximate surface area is 175 Å². The fourth-order valence-electron chi connectivity index (χ4n) is 2.82. The van der Waals surface area contributed by atoms with Crippen LogP contribution in [0, 0.1) is 0 Å². The summed E-state index contributed by atoms with van der Waals surface area (Å²) >= 11 is 1.32. The van der Waals surface area contributed by atoms with Gasteiger partial charge < -0.3 is 9.47 Å². The third-order valence-corrected chi connectivity index (χ3v) is 4.90. The number of nitrogens with zero attached hydrogens (tertiary/aromatic N) is 3. The van der Waals surface area contributed by atoms with Gasteiger partial charge in [-0.25, -0.2) is 0 Å².